The number of ether oxygens (including phenoxy) is 1. The van der Waals surface area contributed by atoms with E-state index in [9.17, 15) is 5.11 Å². The van der Waals surface area contributed by atoms with Gasteiger partial charge in [-0.05, 0) is 24.3 Å². The predicted octanol–water partition coefficient (Wildman–Crippen LogP) is 3.00. The van der Waals surface area contributed by atoms with E-state index in [1.54, 1.807) is 0 Å². The van der Waals surface area contributed by atoms with Crippen molar-refractivity contribution < 1.29 is 9.84 Å². The number of benzene rings is 1. The zero-order valence-electron chi connectivity index (χ0n) is 10.2. The number of hydrogen-bond acceptors (Lipinski definition) is 2. The van der Waals surface area contributed by atoms with Gasteiger partial charge in [0.05, 0.1) is 12.7 Å². The van der Waals surface area contributed by atoms with Crippen LogP contribution in [-0.2, 0) is 11.3 Å². The van der Waals surface area contributed by atoms with Crippen molar-refractivity contribution in [2.75, 3.05) is 6.61 Å². The van der Waals surface area contributed by atoms with Gasteiger partial charge in [0.1, 0.15) is 0 Å². The Morgan fingerprint density at radius 2 is 1.88 bits per heavy atom. The highest BCUT2D eigenvalue weighted by Crippen LogP contribution is 2.08. The summed E-state index contributed by atoms with van der Waals surface area (Å²) in [6.07, 6.45) is 1.55. The summed E-state index contributed by atoms with van der Waals surface area (Å²) in [5.41, 5.74) is 1.20. The molecule has 2 nitrogen and oxygen atoms in total. The van der Waals surface area contributed by atoms with E-state index in [4.69, 9.17) is 4.74 Å². The van der Waals surface area contributed by atoms with E-state index in [-0.39, 0.29) is 6.10 Å². The fourth-order valence-corrected chi connectivity index (χ4v) is 1.49. The van der Waals surface area contributed by atoms with Gasteiger partial charge in [-0.15, -0.1) is 0 Å². The Labute approximate surface area is 98.3 Å². The molecule has 0 aliphatic carbocycles. The lowest BCUT2D eigenvalue weighted by molar-refractivity contribution is 0.0799. The van der Waals surface area contributed by atoms with Crippen molar-refractivity contribution in [3.63, 3.8) is 0 Å². The van der Waals surface area contributed by atoms with Crippen LogP contribution in [0.15, 0.2) is 30.3 Å². The summed E-state index contributed by atoms with van der Waals surface area (Å²) in [7, 11) is 0. The molecule has 2 heteroatoms. The molecule has 1 unspecified atom stereocenters. The van der Waals surface area contributed by atoms with Crippen molar-refractivity contribution in [2.24, 2.45) is 5.92 Å². The molecule has 0 aliphatic heterocycles. The van der Waals surface area contributed by atoms with Crippen LogP contribution in [0.2, 0.25) is 0 Å². The van der Waals surface area contributed by atoms with Gasteiger partial charge in [0.2, 0.25) is 0 Å². The summed E-state index contributed by atoms with van der Waals surface area (Å²) >= 11 is 0. The fraction of sp³-hybridized carbons (Fsp3) is 0.571. The van der Waals surface area contributed by atoms with E-state index in [0.29, 0.717) is 12.5 Å². The van der Waals surface area contributed by atoms with Crippen LogP contribution in [0.3, 0.4) is 0 Å². The molecule has 1 aromatic carbocycles. The molecule has 0 saturated carbocycles. The molecular weight excluding hydrogens is 200 g/mol. The Kier molecular flexibility index (Phi) is 6.12. The summed E-state index contributed by atoms with van der Waals surface area (Å²) in [6.45, 7) is 5.46. The Morgan fingerprint density at radius 1 is 1.19 bits per heavy atom. The van der Waals surface area contributed by atoms with Crippen LogP contribution in [0.1, 0.15) is 32.3 Å². The highest BCUT2D eigenvalue weighted by molar-refractivity contribution is 5.13. The first kappa shape index (κ1) is 13.2. The third kappa shape index (κ3) is 5.29. The monoisotopic (exact) mass is 222 g/mol. The standard InChI is InChI=1S/C14H22O2/c1-12(2)14(15)9-6-10-16-11-13-7-4-3-5-8-13/h3-5,7-8,12,14-15H,6,9-11H2,1-2H3. The molecule has 1 N–H and O–H groups in total. The molecule has 0 bridgehead atoms. The molecule has 1 atom stereocenters. The highest BCUT2D eigenvalue weighted by atomic mass is 16.5. The zero-order chi connectivity index (χ0) is 11.8. The van der Waals surface area contributed by atoms with Gasteiger partial charge in [-0.3, -0.25) is 0 Å². The van der Waals surface area contributed by atoms with Crippen LogP contribution in [0.5, 0.6) is 0 Å². The first-order valence-corrected chi connectivity index (χ1v) is 6.00. The van der Waals surface area contributed by atoms with E-state index in [2.05, 4.69) is 12.1 Å². The molecule has 0 heterocycles. The number of rotatable bonds is 7. The molecule has 1 rings (SSSR count). The second-order valence-corrected chi connectivity index (χ2v) is 4.49. The summed E-state index contributed by atoms with van der Waals surface area (Å²) in [5.74, 6) is 0.342. The van der Waals surface area contributed by atoms with E-state index < -0.39 is 0 Å². The Balaban J connectivity index is 2.04. The summed E-state index contributed by atoms with van der Waals surface area (Å²) in [4.78, 5) is 0. The Bertz CT molecular complexity index is 269. The third-order valence-electron chi connectivity index (χ3n) is 2.67. The van der Waals surface area contributed by atoms with Crippen LogP contribution in [0, 0.1) is 5.92 Å². The van der Waals surface area contributed by atoms with Gasteiger partial charge >= 0.3 is 0 Å². The first-order valence-electron chi connectivity index (χ1n) is 6.00. The maximum atomic E-state index is 9.59. The minimum atomic E-state index is -0.194. The second-order valence-electron chi connectivity index (χ2n) is 4.49. The van der Waals surface area contributed by atoms with Crippen LogP contribution in [0.25, 0.3) is 0 Å². The van der Waals surface area contributed by atoms with Crippen molar-refractivity contribution >= 4 is 0 Å². The molecule has 1 aromatic rings. The molecule has 0 fully saturated rings. The van der Waals surface area contributed by atoms with Gasteiger partial charge in [0.15, 0.2) is 0 Å². The van der Waals surface area contributed by atoms with Gasteiger partial charge in [-0.2, -0.15) is 0 Å². The molecule has 16 heavy (non-hydrogen) atoms. The molecule has 0 aromatic heterocycles. The van der Waals surface area contributed by atoms with Gasteiger partial charge in [0.25, 0.3) is 0 Å². The Morgan fingerprint density at radius 3 is 2.50 bits per heavy atom. The van der Waals surface area contributed by atoms with Crippen LogP contribution in [0.4, 0.5) is 0 Å². The first-order chi connectivity index (χ1) is 7.70. The molecule has 0 amide bonds. The second kappa shape index (κ2) is 7.42. The third-order valence-corrected chi connectivity index (χ3v) is 2.67. The number of hydrogen-bond donors (Lipinski definition) is 1. The van der Waals surface area contributed by atoms with Gasteiger partial charge in [-0.25, -0.2) is 0 Å². The van der Waals surface area contributed by atoms with Crippen LogP contribution >= 0.6 is 0 Å². The molecule has 0 radical (unpaired) electrons. The lowest BCUT2D eigenvalue weighted by Gasteiger charge is -2.13. The Hall–Kier alpha value is -0.860. The maximum Gasteiger partial charge on any atom is 0.0716 e. The van der Waals surface area contributed by atoms with Gasteiger partial charge < -0.3 is 9.84 Å². The van der Waals surface area contributed by atoms with Crippen molar-refractivity contribution in [2.45, 2.75) is 39.4 Å². The number of aliphatic hydroxyl groups excluding tert-OH is 1. The van der Waals surface area contributed by atoms with Crippen molar-refractivity contribution in [1.82, 2.24) is 0 Å². The fourth-order valence-electron chi connectivity index (χ4n) is 1.49. The average Bonchev–Trinajstić information content (AvgIpc) is 2.29. The molecule has 90 valence electrons. The van der Waals surface area contributed by atoms with Gasteiger partial charge in [-0.1, -0.05) is 44.2 Å². The van der Waals surface area contributed by atoms with Crippen LogP contribution in [-0.4, -0.2) is 17.8 Å². The zero-order valence-corrected chi connectivity index (χ0v) is 10.2. The maximum absolute atomic E-state index is 9.59. The summed E-state index contributed by atoms with van der Waals surface area (Å²) < 4.78 is 5.54. The molecule has 0 saturated heterocycles. The predicted molar refractivity (Wildman–Crippen MR) is 66.2 cm³/mol. The lowest BCUT2D eigenvalue weighted by atomic mass is 10.0. The molecule has 0 spiro atoms. The normalized spacial score (nSPS) is 13.0. The van der Waals surface area contributed by atoms with Crippen molar-refractivity contribution in [3.8, 4) is 0 Å². The highest BCUT2D eigenvalue weighted by Gasteiger charge is 2.07. The average molecular weight is 222 g/mol. The van der Waals surface area contributed by atoms with E-state index in [1.165, 1.54) is 5.56 Å². The smallest absolute Gasteiger partial charge is 0.0716 e. The lowest BCUT2D eigenvalue weighted by Crippen LogP contribution is -2.15. The minimum Gasteiger partial charge on any atom is -0.393 e. The van der Waals surface area contributed by atoms with E-state index in [0.717, 1.165) is 19.4 Å². The minimum absolute atomic E-state index is 0.194. The van der Waals surface area contributed by atoms with E-state index >= 15 is 0 Å². The largest absolute Gasteiger partial charge is 0.393 e. The number of aliphatic hydroxyl groups is 1. The summed E-state index contributed by atoms with van der Waals surface area (Å²) in [5, 5.41) is 9.59. The molecule has 0 aliphatic rings. The molecular formula is C14H22O2. The van der Waals surface area contributed by atoms with Gasteiger partial charge in [0, 0.05) is 6.61 Å². The van der Waals surface area contributed by atoms with Crippen LogP contribution < -0.4 is 0 Å². The summed E-state index contributed by atoms with van der Waals surface area (Å²) in [6, 6.07) is 10.1. The quantitative estimate of drug-likeness (QED) is 0.719. The topological polar surface area (TPSA) is 29.5 Å². The SMILES string of the molecule is CC(C)C(O)CCCOCc1ccccc1. The van der Waals surface area contributed by atoms with Crippen molar-refractivity contribution in [1.29, 1.82) is 0 Å². The van der Waals surface area contributed by atoms with Crippen molar-refractivity contribution in [3.05, 3.63) is 35.9 Å². The van der Waals surface area contributed by atoms with E-state index in [1.807, 2.05) is 32.0 Å².